The highest BCUT2D eigenvalue weighted by Crippen LogP contribution is 2.44. The standard InChI is InChI=1S/C24H25N5O2/c1-15-7-12-20(30)29(15)19-10-8-17(9-11-19)21-22(31)28(3)23(26)27-24(21,2)18-6-4-5-16(13-18)14-25/h4-6,8-11,13,15,21H,7,12H2,1-3H3,(H2,26,27)/t15?,21-,24+/m0/s1. The number of carbonyl (C=O) groups is 2. The summed E-state index contributed by atoms with van der Waals surface area (Å²) >= 11 is 0. The summed E-state index contributed by atoms with van der Waals surface area (Å²) in [6.45, 7) is 3.90. The first kappa shape index (κ1) is 20.6. The lowest BCUT2D eigenvalue weighted by Crippen LogP contribution is -2.52. The summed E-state index contributed by atoms with van der Waals surface area (Å²) in [7, 11) is 1.61. The molecule has 158 valence electrons. The van der Waals surface area contributed by atoms with Crippen molar-refractivity contribution in [1.29, 1.82) is 5.26 Å². The minimum atomic E-state index is -0.973. The Bertz CT molecular complexity index is 1120. The number of nitrogens with two attached hydrogens (primary N) is 1. The Balaban J connectivity index is 1.79. The van der Waals surface area contributed by atoms with Crippen LogP contribution in [0.3, 0.4) is 0 Å². The maximum absolute atomic E-state index is 13.4. The molecule has 7 nitrogen and oxygen atoms in total. The highest BCUT2D eigenvalue weighted by Gasteiger charge is 2.47. The molecule has 1 fully saturated rings. The molecule has 31 heavy (non-hydrogen) atoms. The lowest BCUT2D eigenvalue weighted by molar-refractivity contribution is -0.130. The zero-order valence-corrected chi connectivity index (χ0v) is 17.9. The van der Waals surface area contributed by atoms with Crippen LogP contribution in [0, 0.1) is 11.3 Å². The van der Waals surface area contributed by atoms with Crippen molar-refractivity contribution in [2.75, 3.05) is 11.9 Å². The van der Waals surface area contributed by atoms with Crippen molar-refractivity contribution in [3.8, 4) is 6.07 Å². The van der Waals surface area contributed by atoms with Gasteiger partial charge in [-0.3, -0.25) is 14.5 Å². The molecule has 2 aromatic carbocycles. The van der Waals surface area contributed by atoms with Crippen molar-refractivity contribution in [3.05, 3.63) is 65.2 Å². The van der Waals surface area contributed by atoms with Crippen molar-refractivity contribution in [2.24, 2.45) is 10.7 Å². The molecule has 2 amide bonds. The van der Waals surface area contributed by atoms with Crippen LogP contribution in [0.5, 0.6) is 0 Å². The molecule has 7 heteroatoms. The third kappa shape index (κ3) is 3.34. The minimum absolute atomic E-state index is 0.115. The van der Waals surface area contributed by atoms with Crippen molar-refractivity contribution >= 4 is 23.5 Å². The SMILES string of the molecule is CC1CCC(=O)N1c1ccc([C@H]2C(=O)N(C)C(N)=N[C@]2(C)c2cccc(C#N)c2)cc1. The van der Waals surface area contributed by atoms with Crippen LogP contribution >= 0.6 is 0 Å². The van der Waals surface area contributed by atoms with Gasteiger partial charge in [-0.1, -0.05) is 24.3 Å². The van der Waals surface area contributed by atoms with Crippen LogP contribution in [0.1, 0.15) is 49.3 Å². The van der Waals surface area contributed by atoms with Crippen molar-refractivity contribution in [3.63, 3.8) is 0 Å². The molecule has 3 atom stereocenters. The van der Waals surface area contributed by atoms with Crippen LogP contribution in [-0.4, -0.2) is 35.8 Å². The minimum Gasteiger partial charge on any atom is -0.369 e. The zero-order valence-electron chi connectivity index (χ0n) is 17.9. The maximum Gasteiger partial charge on any atom is 0.239 e. The summed E-state index contributed by atoms with van der Waals surface area (Å²) < 4.78 is 0. The van der Waals surface area contributed by atoms with Gasteiger partial charge in [0.25, 0.3) is 0 Å². The molecule has 0 bridgehead atoms. The second-order valence-corrected chi connectivity index (χ2v) is 8.38. The molecule has 2 aromatic rings. The number of likely N-dealkylation sites (N-methyl/N-ethyl adjacent to an activating group) is 1. The first-order chi connectivity index (χ1) is 14.8. The van der Waals surface area contributed by atoms with Crippen LogP contribution in [0.25, 0.3) is 0 Å². The normalized spacial score (nSPS) is 26.1. The van der Waals surface area contributed by atoms with E-state index in [0.717, 1.165) is 23.2 Å². The number of carbonyl (C=O) groups excluding carboxylic acids is 2. The molecule has 0 aliphatic carbocycles. The van der Waals surface area contributed by atoms with Gasteiger partial charge in [0.05, 0.1) is 17.6 Å². The van der Waals surface area contributed by atoms with Gasteiger partial charge in [0.1, 0.15) is 5.54 Å². The maximum atomic E-state index is 13.4. The summed E-state index contributed by atoms with van der Waals surface area (Å²) in [5.74, 6) is -0.543. The van der Waals surface area contributed by atoms with Crippen molar-refractivity contribution in [2.45, 2.75) is 44.2 Å². The Morgan fingerprint density at radius 3 is 2.52 bits per heavy atom. The van der Waals surface area contributed by atoms with E-state index in [1.165, 1.54) is 4.90 Å². The van der Waals surface area contributed by atoms with E-state index in [-0.39, 0.29) is 23.8 Å². The first-order valence-corrected chi connectivity index (χ1v) is 10.3. The molecule has 2 heterocycles. The van der Waals surface area contributed by atoms with Crippen LogP contribution in [-0.2, 0) is 15.1 Å². The highest BCUT2D eigenvalue weighted by molar-refractivity contribution is 6.02. The van der Waals surface area contributed by atoms with Gasteiger partial charge >= 0.3 is 0 Å². The fourth-order valence-electron chi connectivity index (χ4n) is 4.58. The lowest BCUT2D eigenvalue weighted by atomic mass is 9.74. The van der Waals surface area contributed by atoms with E-state index < -0.39 is 11.5 Å². The monoisotopic (exact) mass is 415 g/mol. The van der Waals surface area contributed by atoms with Gasteiger partial charge in [-0.05, 0) is 55.7 Å². The molecule has 2 aliphatic rings. The summed E-state index contributed by atoms with van der Waals surface area (Å²) in [5.41, 5.74) is 7.95. The Morgan fingerprint density at radius 2 is 1.90 bits per heavy atom. The predicted octanol–water partition coefficient (Wildman–Crippen LogP) is 2.86. The number of benzene rings is 2. The van der Waals surface area contributed by atoms with E-state index in [0.29, 0.717) is 12.0 Å². The molecule has 2 N–H and O–H groups in total. The van der Waals surface area contributed by atoms with Gasteiger partial charge in [-0.25, -0.2) is 4.99 Å². The first-order valence-electron chi connectivity index (χ1n) is 10.3. The van der Waals surface area contributed by atoms with E-state index in [2.05, 4.69) is 6.07 Å². The predicted molar refractivity (Wildman–Crippen MR) is 118 cm³/mol. The molecule has 4 rings (SSSR count). The van der Waals surface area contributed by atoms with Crippen molar-refractivity contribution in [1.82, 2.24) is 4.90 Å². The third-order valence-corrected chi connectivity index (χ3v) is 6.40. The molecular formula is C24H25N5O2. The Morgan fingerprint density at radius 1 is 1.19 bits per heavy atom. The summed E-state index contributed by atoms with van der Waals surface area (Å²) in [6, 6.07) is 17.0. The number of nitriles is 1. The molecule has 0 radical (unpaired) electrons. The summed E-state index contributed by atoms with van der Waals surface area (Å²) in [6.07, 6.45) is 1.39. The van der Waals surface area contributed by atoms with Gasteiger partial charge in [0.15, 0.2) is 5.96 Å². The fourth-order valence-corrected chi connectivity index (χ4v) is 4.58. The number of guanidine groups is 1. The van der Waals surface area contributed by atoms with Crippen molar-refractivity contribution < 1.29 is 9.59 Å². The van der Waals surface area contributed by atoms with Crippen LogP contribution < -0.4 is 10.6 Å². The second-order valence-electron chi connectivity index (χ2n) is 8.38. The number of hydrogen-bond donors (Lipinski definition) is 1. The molecular weight excluding hydrogens is 390 g/mol. The van der Waals surface area contributed by atoms with Crippen LogP contribution in [0.4, 0.5) is 5.69 Å². The number of hydrogen-bond acceptors (Lipinski definition) is 5. The van der Waals surface area contributed by atoms with Gasteiger partial charge in [0.2, 0.25) is 11.8 Å². The zero-order chi connectivity index (χ0) is 22.3. The smallest absolute Gasteiger partial charge is 0.239 e. The average molecular weight is 415 g/mol. The van der Waals surface area contributed by atoms with Crippen LogP contribution in [0.15, 0.2) is 53.5 Å². The van der Waals surface area contributed by atoms with Gasteiger partial charge < -0.3 is 10.6 Å². The molecule has 0 spiro atoms. The van der Waals surface area contributed by atoms with E-state index in [9.17, 15) is 14.9 Å². The van der Waals surface area contributed by atoms with Gasteiger partial charge in [-0.15, -0.1) is 0 Å². The third-order valence-electron chi connectivity index (χ3n) is 6.40. The number of rotatable bonds is 3. The van der Waals surface area contributed by atoms with E-state index in [1.54, 1.807) is 25.2 Å². The Kier molecular flexibility index (Phi) is 5.02. The van der Waals surface area contributed by atoms with Gasteiger partial charge in [0, 0.05) is 25.2 Å². The Labute approximate surface area is 181 Å². The molecule has 0 aromatic heterocycles. The molecule has 1 unspecified atom stereocenters. The number of amides is 2. The van der Waals surface area contributed by atoms with E-state index >= 15 is 0 Å². The van der Waals surface area contributed by atoms with Gasteiger partial charge in [-0.2, -0.15) is 5.26 Å². The number of anilines is 1. The van der Waals surface area contributed by atoms with E-state index in [1.807, 2.05) is 49.1 Å². The summed E-state index contributed by atoms with van der Waals surface area (Å²) in [5, 5.41) is 9.33. The molecule has 1 saturated heterocycles. The average Bonchev–Trinajstić information content (AvgIpc) is 3.11. The second kappa shape index (κ2) is 7.55. The number of nitrogens with zero attached hydrogens (tertiary/aromatic N) is 4. The highest BCUT2D eigenvalue weighted by atomic mass is 16.2. The fraction of sp³-hybridized carbons (Fsp3) is 0.333. The number of aliphatic imine (C=N–C) groups is 1. The Hall–Kier alpha value is -3.66. The molecule has 0 saturated carbocycles. The van der Waals surface area contributed by atoms with Crippen LogP contribution in [0.2, 0.25) is 0 Å². The molecule has 2 aliphatic heterocycles. The summed E-state index contributed by atoms with van der Waals surface area (Å²) in [4.78, 5) is 33.5. The largest absolute Gasteiger partial charge is 0.369 e. The lowest BCUT2D eigenvalue weighted by Gasteiger charge is -2.41. The van der Waals surface area contributed by atoms with E-state index in [4.69, 9.17) is 10.7 Å². The topological polar surface area (TPSA) is 103 Å². The quantitative estimate of drug-likeness (QED) is 0.832.